The lowest BCUT2D eigenvalue weighted by atomic mass is 9.76. The van der Waals surface area contributed by atoms with Crippen molar-refractivity contribution >= 4 is 16.7 Å². The van der Waals surface area contributed by atoms with Gasteiger partial charge < -0.3 is 5.32 Å². The van der Waals surface area contributed by atoms with Crippen LogP contribution in [-0.2, 0) is 4.79 Å². The Bertz CT molecular complexity index is 903. The zero-order chi connectivity index (χ0) is 16.5. The number of pyridine rings is 1. The zero-order valence-corrected chi connectivity index (χ0v) is 13.7. The van der Waals surface area contributed by atoms with Crippen LogP contribution in [-0.4, -0.2) is 10.9 Å². The second-order valence-electron chi connectivity index (χ2n) is 6.49. The van der Waals surface area contributed by atoms with Crippen molar-refractivity contribution in [2.45, 2.75) is 31.7 Å². The van der Waals surface area contributed by atoms with E-state index < -0.39 is 0 Å². The molecule has 0 spiro atoms. The van der Waals surface area contributed by atoms with E-state index in [-0.39, 0.29) is 11.9 Å². The highest BCUT2D eigenvalue weighted by Gasteiger charge is 2.28. The summed E-state index contributed by atoms with van der Waals surface area (Å²) < 4.78 is 0. The Hall–Kier alpha value is -2.68. The van der Waals surface area contributed by atoms with Crippen molar-refractivity contribution in [1.82, 2.24) is 10.3 Å². The fraction of sp³-hybridized carbons (Fsp3) is 0.238. The van der Waals surface area contributed by atoms with E-state index in [1.165, 1.54) is 27.5 Å². The van der Waals surface area contributed by atoms with Crippen molar-refractivity contribution in [2.24, 2.45) is 0 Å². The second-order valence-corrected chi connectivity index (χ2v) is 6.49. The normalized spacial score (nSPS) is 19.7. The summed E-state index contributed by atoms with van der Waals surface area (Å²) in [6.45, 7) is 1.59. The fourth-order valence-corrected chi connectivity index (χ4v) is 3.85. The van der Waals surface area contributed by atoms with E-state index in [0.29, 0.717) is 5.92 Å². The predicted octanol–water partition coefficient (Wildman–Crippen LogP) is 4.34. The number of aromatic nitrogens is 1. The first kappa shape index (κ1) is 14.9. The number of carbonyl (C=O) groups is 1. The van der Waals surface area contributed by atoms with Gasteiger partial charge in [-0.15, -0.1) is 0 Å². The van der Waals surface area contributed by atoms with Crippen LogP contribution in [0.25, 0.3) is 10.8 Å². The molecule has 3 aromatic rings. The van der Waals surface area contributed by atoms with Gasteiger partial charge in [-0.1, -0.05) is 42.5 Å². The summed E-state index contributed by atoms with van der Waals surface area (Å²) in [5, 5.41) is 5.49. The van der Waals surface area contributed by atoms with Gasteiger partial charge in [-0.2, -0.15) is 0 Å². The molecule has 0 aliphatic heterocycles. The van der Waals surface area contributed by atoms with Crippen molar-refractivity contribution in [3.05, 3.63) is 77.6 Å². The minimum absolute atomic E-state index is 0.0338. The maximum Gasteiger partial charge on any atom is 0.217 e. The van der Waals surface area contributed by atoms with Crippen LogP contribution >= 0.6 is 0 Å². The van der Waals surface area contributed by atoms with E-state index in [0.717, 1.165) is 12.8 Å². The number of nitrogens with one attached hydrogen (secondary N) is 1. The van der Waals surface area contributed by atoms with Crippen molar-refractivity contribution < 1.29 is 4.79 Å². The molecular weight excluding hydrogens is 296 g/mol. The zero-order valence-electron chi connectivity index (χ0n) is 13.7. The van der Waals surface area contributed by atoms with Crippen LogP contribution in [0.4, 0.5) is 0 Å². The number of benzene rings is 2. The number of amides is 1. The topological polar surface area (TPSA) is 42.0 Å². The average Bonchev–Trinajstić information content (AvgIpc) is 2.61. The van der Waals surface area contributed by atoms with E-state index in [1.54, 1.807) is 6.92 Å². The molecule has 0 radical (unpaired) electrons. The largest absolute Gasteiger partial charge is 0.350 e. The summed E-state index contributed by atoms with van der Waals surface area (Å²) in [5.74, 6) is 0.412. The van der Waals surface area contributed by atoms with Gasteiger partial charge in [-0.3, -0.25) is 9.78 Å². The van der Waals surface area contributed by atoms with Crippen LogP contribution in [0.3, 0.4) is 0 Å². The van der Waals surface area contributed by atoms with E-state index in [4.69, 9.17) is 0 Å². The maximum absolute atomic E-state index is 11.5. The quantitative estimate of drug-likeness (QED) is 0.764. The number of hydrogen-bond acceptors (Lipinski definition) is 2. The molecule has 0 fully saturated rings. The Morgan fingerprint density at radius 3 is 2.71 bits per heavy atom. The number of fused-ring (bicyclic) bond motifs is 2. The third-order valence-electron chi connectivity index (χ3n) is 4.94. The van der Waals surface area contributed by atoms with Gasteiger partial charge in [0.2, 0.25) is 5.91 Å². The molecular formula is C21H20N2O. The molecule has 1 aliphatic carbocycles. The molecule has 120 valence electrons. The highest BCUT2D eigenvalue weighted by Crippen LogP contribution is 2.41. The monoisotopic (exact) mass is 316 g/mol. The van der Waals surface area contributed by atoms with E-state index in [1.807, 2.05) is 12.4 Å². The molecule has 4 rings (SSSR count). The molecule has 1 heterocycles. The Labute approximate surface area is 141 Å². The van der Waals surface area contributed by atoms with Crippen LogP contribution in [0.2, 0.25) is 0 Å². The van der Waals surface area contributed by atoms with Crippen LogP contribution < -0.4 is 5.32 Å². The molecule has 1 amide bonds. The van der Waals surface area contributed by atoms with Gasteiger partial charge in [0, 0.05) is 30.6 Å². The lowest BCUT2D eigenvalue weighted by molar-refractivity contribution is -0.119. The molecule has 0 saturated heterocycles. The summed E-state index contributed by atoms with van der Waals surface area (Å²) >= 11 is 0. The summed E-state index contributed by atoms with van der Waals surface area (Å²) in [5.41, 5.74) is 3.91. The number of carbonyl (C=O) groups excluding carboxylic acids is 1. The lowest BCUT2D eigenvalue weighted by Crippen LogP contribution is -2.30. The molecule has 0 saturated carbocycles. The SMILES string of the molecule is CC(=O)NC1CCC(c2ccc3cnccc3c2)c2ccccc21. The Morgan fingerprint density at radius 2 is 1.88 bits per heavy atom. The highest BCUT2D eigenvalue weighted by atomic mass is 16.1. The summed E-state index contributed by atoms with van der Waals surface area (Å²) in [7, 11) is 0. The van der Waals surface area contributed by atoms with Crippen LogP contribution in [0, 0.1) is 0 Å². The summed E-state index contributed by atoms with van der Waals surface area (Å²) in [4.78, 5) is 15.7. The van der Waals surface area contributed by atoms with E-state index >= 15 is 0 Å². The molecule has 1 aromatic heterocycles. The van der Waals surface area contributed by atoms with Gasteiger partial charge in [0.15, 0.2) is 0 Å². The molecule has 2 unspecified atom stereocenters. The Balaban J connectivity index is 1.76. The van der Waals surface area contributed by atoms with E-state index in [9.17, 15) is 4.79 Å². The predicted molar refractivity (Wildman–Crippen MR) is 95.8 cm³/mol. The third kappa shape index (κ3) is 2.67. The van der Waals surface area contributed by atoms with Gasteiger partial charge in [-0.25, -0.2) is 0 Å². The first-order valence-electron chi connectivity index (χ1n) is 8.42. The molecule has 1 aliphatic rings. The molecule has 24 heavy (non-hydrogen) atoms. The van der Waals surface area contributed by atoms with Crippen molar-refractivity contribution in [3.63, 3.8) is 0 Å². The van der Waals surface area contributed by atoms with E-state index in [2.05, 4.69) is 58.8 Å². The molecule has 2 atom stereocenters. The summed E-state index contributed by atoms with van der Waals surface area (Å²) in [6, 6.07) is 17.3. The highest BCUT2D eigenvalue weighted by molar-refractivity contribution is 5.82. The van der Waals surface area contributed by atoms with Gasteiger partial charge in [0.05, 0.1) is 6.04 Å². The number of hydrogen-bond donors (Lipinski definition) is 1. The third-order valence-corrected chi connectivity index (χ3v) is 4.94. The van der Waals surface area contributed by atoms with Gasteiger partial charge in [0.25, 0.3) is 0 Å². The van der Waals surface area contributed by atoms with Crippen LogP contribution in [0.15, 0.2) is 60.9 Å². The first-order valence-corrected chi connectivity index (χ1v) is 8.42. The minimum atomic E-state index is 0.0338. The van der Waals surface area contributed by atoms with Gasteiger partial charge >= 0.3 is 0 Å². The molecule has 3 nitrogen and oxygen atoms in total. The lowest BCUT2D eigenvalue weighted by Gasteiger charge is -2.32. The van der Waals surface area contributed by atoms with Gasteiger partial charge in [0.1, 0.15) is 0 Å². The molecule has 3 heteroatoms. The Kier molecular flexibility index (Phi) is 3.77. The summed E-state index contributed by atoms with van der Waals surface area (Å²) in [6.07, 6.45) is 5.75. The molecule has 0 bridgehead atoms. The van der Waals surface area contributed by atoms with Crippen LogP contribution in [0.1, 0.15) is 48.4 Å². The average molecular weight is 316 g/mol. The number of nitrogens with zero attached hydrogens (tertiary/aromatic N) is 1. The number of rotatable bonds is 2. The molecule has 1 N–H and O–H groups in total. The standard InChI is InChI=1S/C21H20N2O/c1-14(24)23-21-9-8-18(19-4-2-3-5-20(19)21)16-6-7-17-13-22-11-10-15(17)12-16/h2-7,10-13,18,21H,8-9H2,1H3,(H,23,24). The van der Waals surface area contributed by atoms with Crippen molar-refractivity contribution in [1.29, 1.82) is 0 Å². The smallest absolute Gasteiger partial charge is 0.217 e. The minimum Gasteiger partial charge on any atom is -0.350 e. The first-order chi connectivity index (χ1) is 11.7. The Morgan fingerprint density at radius 1 is 1.04 bits per heavy atom. The van der Waals surface area contributed by atoms with Crippen LogP contribution in [0.5, 0.6) is 0 Å². The fourth-order valence-electron chi connectivity index (χ4n) is 3.85. The molecule has 2 aromatic carbocycles. The van der Waals surface area contributed by atoms with Gasteiger partial charge in [-0.05, 0) is 41.0 Å². The van der Waals surface area contributed by atoms with Crippen molar-refractivity contribution in [2.75, 3.05) is 0 Å². The van der Waals surface area contributed by atoms with Crippen molar-refractivity contribution in [3.8, 4) is 0 Å². The maximum atomic E-state index is 11.5. The second kappa shape index (κ2) is 6.08.